The lowest BCUT2D eigenvalue weighted by Gasteiger charge is -2.43. The molecular weight excluding hydrogens is 430 g/mol. The molecule has 0 aliphatic carbocycles. The summed E-state index contributed by atoms with van der Waals surface area (Å²) in [5.74, 6) is 1.98. The molecule has 3 aromatic rings. The standard InChI is InChI=1S/C22H25N5O4S/c1-32(28)22(3-7-29-8-4-22)19-18-21(27-6-9-30-12-14(27)13-31-18)26-20(25-19)16-10-23-11-17-15(16)2-5-24-17/h2,5,10-11,14,24H,3-4,6-9,12-13H2,1H3. The second-order valence-corrected chi connectivity index (χ2v) is 10.2. The van der Waals surface area contributed by atoms with Gasteiger partial charge in [-0.1, -0.05) is 0 Å². The number of hydrogen-bond acceptors (Lipinski definition) is 8. The fourth-order valence-electron chi connectivity index (χ4n) is 4.97. The third-order valence-corrected chi connectivity index (χ3v) is 8.47. The van der Waals surface area contributed by atoms with E-state index in [2.05, 4.69) is 14.9 Å². The van der Waals surface area contributed by atoms with Crippen LogP contribution in [-0.2, 0) is 25.0 Å². The first-order chi connectivity index (χ1) is 15.7. The molecule has 32 heavy (non-hydrogen) atoms. The van der Waals surface area contributed by atoms with Gasteiger partial charge in [-0.25, -0.2) is 9.97 Å². The Morgan fingerprint density at radius 3 is 2.88 bits per heavy atom. The zero-order valence-corrected chi connectivity index (χ0v) is 18.7. The van der Waals surface area contributed by atoms with Crippen LogP contribution in [0.4, 0.5) is 5.82 Å². The number of pyridine rings is 1. The van der Waals surface area contributed by atoms with Crippen molar-refractivity contribution in [1.29, 1.82) is 0 Å². The van der Waals surface area contributed by atoms with E-state index in [-0.39, 0.29) is 6.04 Å². The Balaban J connectivity index is 1.61. The summed E-state index contributed by atoms with van der Waals surface area (Å²) >= 11 is 0. The molecule has 3 aromatic heterocycles. The highest BCUT2D eigenvalue weighted by Gasteiger charge is 2.46. The molecule has 3 aliphatic heterocycles. The van der Waals surface area contributed by atoms with Gasteiger partial charge in [-0.15, -0.1) is 0 Å². The van der Waals surface area contributed by atoms with Gasteiger partial charge >= 0.3 is 0 Å². The number of fused-ring (bicyclic) bond motifs is 4. The fraction of sp³-hybridized carbons (Fsp3) is 0.500. The van der Waals surface area contributed by atoms with Gasteiger partial charge in [-0.3, -0.25) is 9.19 Å². The van der Waals surface area contributed by atoms with Gasteiger partial charge in [-0.05, 0) is 18.9 Å². The Morgan fingerprint density at radius 2 is 2.03 bits per heavy atom. The topological polar surface area (TPSA) is 102 Å². The average Bonchev–Trinajstić information content (AvgIpc) is 3.32. The predicted molar refractivity (Wildman–Crippen MR) is 120 cm³/mol. The van der Waals surface area contributed by atoms with Crippen molar-refractivity contribution in [2.45, 2.75) is 23.6 Å². The van der Waals surface area contributed by atoms with Crippen LogP contribution in [0.2, 0.25) is 0 Å². The van der Waals surface area contributed by atoms with Crippen molar-refractivity contribution in [2.24, 2.45) is 0 Å². The van der Waals surface area contributed by atoms with Crippen LogP contribution in [0.25, 0.3) is 22.3 Å². The van der Waals surface area contributed by atoms with E-state index in [1.165, 1.54) is 0 Å². The zero-order valence-electron chi connectivity index (χ0n) is 17.9. The molecule has 10 heteroatoms. The van der Waals surface area contributed by atoms with Gasteiger partial charge in [0.05, 0.1) is 35.7 Å². The number of rotatable bonds is 3. The zero-order chi connectivity index (χ0) is 21.7. The van der Waals surface area contributed by atoms with Crippen molar-refractivity contribution < 1.29 is 18.4 Å². The van der Waals surface area contributed by atoms with E-state index in [0.29, 0.717) is 57.4 Å². The third kappa shape index (κ3) is 3.04. The van der Waals surface area contributed by atoms with Crippen molar-refractivity contribution in [3.63, 3.8) is 0 Å². The molecule has 2 unspecified atom stereocenters. The first-order valence-electron chi connectivity index (χ1n) is 10.9. The summed E-state index contributed by atoms with van der Waals surface area (Å²) in [5.41, 5.74) is 2.48. The molecule has 0 amide bonds. The van der Waals surface area contributed by atoms with Gasteiger partial charge in [0, 0.05) is 60.2 Å². The van der Waals surface area contributed by atoms with Gasteiger partial charge < -0.3 is 24.1 Å². The number of nitrogens with one attached hydrogen (secondary N) is 1. The predicted octanol–water partition coefficient (Wildman–Crippen LogP) is 2.00. The molecule has 3 aliphatic rings. The van der Waals surface area contributed by atoms with E-state index >= 15 is 0 Å². The van der Waals surface area contributed by atoms with Gasteiger partial charge in [0.2, 0.25) is 0 Å². The van der Waals surface area contributed by atoms with Crippen LogP contribution in [0.15, 0.2) is 24.7 Å². The summed E-state index contributed by atoms with van der Waals surface area (Å²) < 4.78 is 30.1. The number of anilines is 1. The minimum Gasteiger partial charge on any atom is -0.486 e. The van der Waals surface area contributed by atoms with Crippen LogP contribution in [0.1, 0.15) is 18.5 Å². The summed E-state index contributed by atoms with van der Waals surface area (Å²) in [6.45, 7) is 3.56. The number of nitrogens with zero attached hydrogens (tertiary/aromatic N) is 4. The lowest BCUT2D eigenvalue weighted by molar-refractivity contribution is 0.0646. The Labute approximate surface area is 188 Å². The highest BCUT2D eigenvalue weighted by molar-refractivity contribution is 7.85. The van der Waals surface area contributed by atoms with Crippen molar-refractivity contribution in [2.75, 3.05) is 50.7 Å². The van der Waals surface area contributed by atoms with Crippen LogP contribution >= 0.6 is 0 Å². The van der Waals surface area contributed by atoms with Crippen molar-refractivity contribution in [3.8, 4) is 17.1 Å². The van der Waals surface area contributed by atoms with Crippen molar-refractivity contribution in [3.05, 3.63) is 30.4 Å². The molecule has 9 nitrogen and oxygen atoms in total. The van der Waals surface area contributed by atoms with Crippen LogP contribution in [0.5, 0.6) is 5.75 Å². The maximum Gasteiger partial charge on any atom is 0.185 e. The highest BCUT2D eigenvalue weighted by Crippen LogP contribution is 2.47. The molecular formula is C22H25N5O4S. The quantitative estimate of drug-likeness (QED) is 0.640. The maximum absolute atomic E-state index is 13.2. The Morgan fingerprint density at radius 1 is 1.16 bits per heavy atom. The Kier molecular flexibility index (Phi) is 4.89. The average molecular weight is 456 g/mol. The monoisotopic (exact) mass is 455 g/mol. The highest BCUT2D eigenvalue weighted by atomic mass is 32.2. The number of ether oxygens (including phenoxy) is 3. The maximum atomic E-state index is 13.2. The van der Waals surface area contributed by atoms with Gasteiger partial charge in [0.1, 0.15) is 12.3 Å². The molecule has 0 bridgehead atoms. The summed E-state index contributed by atoms with van der Waals surface area (Å²) in [5, 5.41) is 1.000. The van der Waals surface area contributed by atoms with E-state index in [4.69, 9.17) is 24.2 Å². The number of morpholine rings is 1. The minimum atomic E-state index is -1.17. The number of aromatic nitrogens is 4. The second-order valence-electron chi connectivity index (χ2n) is 8.47. The lowest BCUT2D eigenvalue weighted by Crippen LogP contribution is -2.52. The lowest BCUT2D eigenvalue weighted by atomic mass is 9.93. The van der Waals surface area contributed by atoms with E-state index < -0.39 is 15.5 Å². The van der Waals surface area contributed by atoms with E-state index in [9.17, 15) is 4.21 Å². The molecule has 6 heterocycles. The van der Waals surface area contributed by atoms with Crippen molar-refractivity contribution in [1.82, 2.24) is 19.9 Å². The first kappa shape index (κ1) is 20.1. The SMILES string of the molecule is CS(=O)C1(c2nc(-c3cncc4[nH]ccc34)nc3c2OCC2COCCN32)CCOCC1. The molecule has 1 N–H and O–H groups in total. The second kappa shape index (κ2) is 7.79. The molecule has 0 spiro atoms. The Hall–Kier alpha value is -2.56. The normalized spacial score (nSPS) is 23.3. The van der Waals surface area contributed by atoms with Crippen LogP contribution in [0, 0.1) is 0 Å². The van der Waals surface area contributed by atoms with Gasteiger partial charge in [0.15, 0.2) is 17.4 Å². The molecule has 168 valence electrons. The summed E-state index contributed by atoms with van der Waals surface area (Å²) in [4.78, 5) is 19.9. The summed E-state index contributed by atoms with van der Waals surface area (Å²) in [7, 11) is -1.17. The van der Waals surface area contributed by atoms with Gasteiger partial charge in [-0.2, -0.15) is 0 Å². The van der Waals surface area contributed by atoms with Crippen LogP contribution < -0.4 is 9.64 Å². The summed E-state index contributed by atoms with van der Waals surface area (Å²) in [6, 6.07) is 2.11. The number of H-pyrrole nitrogens is 1. The molecule has 0 saturated carbocycles. The summed E-state index contributed by atoms with van der Waals surface area (Å²) in [6.07, 6.45) is 8.48. The van der Waals surface area contributed by atoms with E-state index in [1.54, 1.807) is 18.6 Å². The van der Waals surface area contributed by atoms with E-state index in [1.807, 2.05) is 12.3 Å². The number of hydrogen-bond donors (Lipinski definition) is 1. The largest absolute Gasteiger partial charge is 0.486 e. The molecule has 2 fully saturated rings. The minimum absolute atomic E-state index is 0.103. The number of aromatic amines is 1. The molecule has 6 rings (SSSR count). The first-order valence-corrected chi connectivity index (χ1v) is 12.5. The molecule has 2 saturated heterocycles. The fourth-order valence-corrected chi connectivity index (χ4v) is 6.12. The smallest absolute Gasteiger partial charge is 0.185 e. The van der Waals surface area contributed by atoms with Crippen LogP contribution in [0.3, 0.4) is 0 Å². The molecule has 0 radical (unpaired) electrons. The molecule has 2 atom stereocenters. The third-order valence-electron chi connectivity index (χ3n) is 6.77. The molecule has 0 aromatic carbocycles. The van der Waals surface area contributed by atoms with Crippen molar-refractivity contribution >= 4 is 27.5 Å². The van der Waals surface area contributed by atoms with Gasteiger partial charge in [0.25, 0.3) is 0 Å². The van der Waals surface area contributed by atoms with E-state index in [0.717, 1.165) is 34.5 Å². The Bertz CT molecular complexity index is 1190. The van der Waals surface area contributed by atoms with Crippen LogP contribution in [-0.4, -0.2) is 76.0 Å².